The molecule has 1 radical (unpaired) electrons. The summed E-state index contributed by atoms with van der Waals surface area (Å²) in [6, 6.07) is 0. The number of alkyl halides is 8. The third-order valence-corrected chi connectivity index (χ3v) is 1.15. The summed E-state index contributed by atoms with van der Waals surface area (Å²) < 4.78 is 101. The van der Waals surface area contributed by atoms with Crippen LogP contribution in [0.5, 0.6) is 0 Å². The van der Waals surface area contributed by atoms with Gasteiger partial charge in [-0.2, -0.15) is 8.78 Å². The molecular formula is C7H10F8O4Rh. The van der Waals surface area contributed by atoms with E-state index in [2.05, 4.69) is 9.47 Å². The Kier molecular flexibility index (Phi) is 11.2. The van der Waals surface area contributed by atoms with Gasteiger partial charge in [0.25, 0.3) is 18.6 Å². The summed E-state index contributed by atoms with van der Waals surface area (Å²) in [6.45, 7) is -0.151. The number of hydrogen-bond donors (Lipinski definition) is 2. The van der Waals surface area contributed by atoms with Crippen LogP contribution in [0.4, 0.5) is 35.1 Å². The smallest absolute Gasteiger partial charge is 0.400 e. The van der Waals surface area contributed by atoms with Gasteiger partial charge in [-0.1, -0.05) is 0 Å². The number of rotatable bonds is 6. The van der Waals surface area contributed by atoms with Crippen LogP contribution in [0, 0.1) is 0 Å². The Balaban J connectivity index is -0.000000916. The molecule has 0 aromatic rings. The summed E-state index contributed by atoms with van der Waals surface area (Å²) >= 11 is 0. The average Bonchev–Trinajstić information content (AvgIpc) is 2.16. The van der Waals surface area contributed by atoms with E-state index in [9.17, 15) is 35.1 Å². The molecule has 2 unspecified atom stereocenters. The van der Waals surface area contributed by atoms with Crippen molar-refractivity contribution in [2.45, 2.75) is 38.0 Å². The summed E-state index contributed by atoms with van der Waals surface area (Å²) in [7, 11) is 1.00. The zero-order valence-corrected chi connectivity index (χ0v) is 11.4. The molecule has 0 aliphatic heterocycles. The van der Waals surface area contributed by atoms with E-state index in [-0.39, 0.29) is 26.4 Å². The van der Waals surface area contributed by atoms with Gasteiger partial charge in [-0.3, -0.25) is 9.47 Å². The van der Waals surface area contributed by atoms with Gasteiger partial charge in [0.05, 0.1) is 0 Å². The zero-order valence-electron chi connectivity index (χ0n) is 9.72. The number of aliphatic hydroxyl groups is 2. The van der Waals surface area contributed by atoms with Crippen LogP contribution in [-0.2, 0) is 29.0 Å². The summed E-state index contributed by atoms with van der Waals surface area (Å²) in [5, 5.41) is 14.6. The number of halogens is 8. The minimum atomic E-state index is -5.41. The first-order valence-electron chi connectivity index (χ1n) is 4.20. The molecule has 0 bridgehead atoms. The van der Waals surface area contributed by atoms with E-state index in [1.54, 1.807) is 0 Å². The molecule has 0 aromatic carbocycles. The molecule has 0 saturated carbocycles. The largest absolute Gasteiger partial charge is 0.491 e. The van der Waals surface area contributed by atoms with Crippen LogP contribution < -0.4 is 0 Å². The van der Waals surface area contributed by atoms with E-state index in [0.717, 1.165) is 7.11 Å². The van der Waals surface area contributed by atoms with Crippen LogP contribution in [0.25, 0.3) is 0 Å². The minimum absolute atomic E-state index is 0. The Hall–Kier alpha value is -0.0966. The third-order valence-electron chi connectivity index (χ3n) is 1.15. The van der Waals surface area contributed by atoms with Crippen LogP contribution in [0.1, 0.15) is 6.92 Å². The summed E-state index contributed by atoms with van der Waals surface area (Å²) in [6.07, 6.45) is -18.9. The summed E-state index contributed by atoms with van der Waals surface area (Å²) in [5.41, 5.74) is 0. The monoisotopic (exact) mass is 413 g/mol. The molecular weight excluding hydrogens is 403 g/mol. The second kappa shape index (κ2) is 9.03. The first-order valence-corrected chi connectivity index (χ1v) is 4.20. The molecule has 13 heteroatoms. The standard InChI is InChI=1S/C6H6F8O3.CH4O.Rh/c1-4(9,10)2(7)16-6(13,14)17-3(8)5(11,12)15;1-2;/h2-3,15H,1H3;2H,1H3;. The maximum Gasteiger partial charge on any atom is 0.491 e. The van der Waals surface area contributed by atoms with Crippen molar-refractivity contribution < 1.29 is 74.3 Å². The first kappa shape index (κ1) is 24.9. The topological polar surface area (TPSA) is 58.9 Å². The predicted molar refractivity (Wildman–Crippen MR) is 42.8 cm³/mol. The van der Waals surface area contributed by atoms with Gasteiger partial charge in [0.1, 0.15) is 0 Å². The van der Waals surface area contributed by atoms with Crippen LogP contribution in [-0.4, -0.2) is 48.4 Å². The maximum atomic E-state index is 12.3. The van der Waals surface area contributed by atoms with Crippen molar-refractivity contribution in [2.24, 2.45) is 0 Å². The zero-order chi connectivity index (χ0) is 16.1. The molecule has 127 valence electrons. The second-order valence-corrected chi connectivity index (χ2v) is 2.88. The van der Waals surface area contributed by atoms with Gasteiger partial charge in [-0.05, 0) is 0 Å². The van der Waals surface area contributed by atoms with Crippen molar-refractivity contribution >= 4 is 0 Å². The van der Waals surface area contributed by atoms with Gasteiger partial charge in [-0.25, -0.2) is 17.6 Å². The number of hydrogen-bond acceptors (Lipinski definition) is 4. The summed E-state index contributed by atoms with van der Waals surface area (Å²) in [4.78, 5) is 0. The fourth-order valence-electron chi connectivity index (χ4n) is 0.443. The van der Waals surface area contributed by atoms with Gasteiger partial charge in [-0.15, -0.1) is 8.78 Å². The van der Waals surface area contributed by atoms with Gasteiger partial charge in [0, 0.05) is 33.5 Å². The van der Waals surface area contributed by atoms with Crippen molar-refractivity contribution in [3.63, 3.8) is 0 Å². The van der Waals surface area contributed by atoms with E-state index in [1.807, 2.05) is 0 Å². The van der Waals surface area contributed by atoms with Crippen LogP contribution in [0.3, 0.4) is 0 Å². The number of ether oxygens (including phenoxy) is 2. The van der Waals surface area contributed by atoms with Gasteiger partial charge >= 0.3 is 12.4 Å². The van der Waals surface area contributed by atoms with Crippen molar-refractivity contribution in [1.29, 1.82) is 0 Å². The van der Waals surface area contributed by atoms with Gasteiger partial charge in [0.15, 0.2) is 0 Å². The molecule has 0 aliphatic carbocycles. The molecule has 0 heterocycles. The van der Waals surface area contributed by atoms with E-state index < -0.39 is 31.0 Å². The Morgan fingerprint density at radius 1 is 0.850 bits per heavy atom. The van der Waals surface area contributed by atoms with Crippen LogP contribution in [0.15, 0.2) is 0 Å². The molecule has 0 amide bonds. The fourth-order valence-corrected chi connectivity index (χ4v) is 0.443. The minimum Gasteiger partial charge on any atom is -0.400 e. The Morgan fingerprint density at radius 2 is 1.15 bits per heavy atom. The fraction of sp³-hybridized carbons (Fsp3) is 1.00. The molecule has 0 aromatic heterocycles. The normalized spacial score (nSPS) is 15.6. The van der Waals surface area contributed by atoms with E-state index in [1.165, 1.54) is 0 Å². The van der Waals surface area contributed by atoms with E-state index in [4.69, 9.17) is 10.2 Å². The van der Waals surface area contributed by atoms with E-state index >= 15 is 0 Å². The van der Waals surface area contributed by atoms with Crippen molar-refractivity contribution in [3.8, 4) is 0 Å². The first-order chi connectivity index (χ1) is 8.26. The Labute approximate surface area is 120 Å². The second-order valence-electron chi connectivity index (χ2n) is 2.88. The molecule has 0 fully saturated rings. The van der Waals surface area contributed by atoms with Gasteiger partial charge in [0.2, 0.25) is 0 Å². The van der Waals surface area contributed by atoms with Crippen molar-refractivity contribution in [1.82, 2.24) is 0 Å². The van der Waals surface area contributed by atoms with Crippen molar-refractivity contribution in [2.75, 3.05) is 7.11 Å². The molecule has 20 heavy (non-hydrogen) atoms. The molecule has 2 atom stereocenters. The SMILES string of the molecule is CC(F)(F)C(F)OC(F)(F)OC(F)C(O)(F)F.CO.[Rh]. The molecule has 0 aliphatic rings. The molecule has 0 spiro atoms. The van der Waals surface area contributed by atoms with Gasteiger partial charge < -0.3 is 10.2 Å². The summed E-state index contributed by atoms with van der Waals surface area (Å²) in [5.74, 6) is -4.39. The third kappa shape index (κ3) is 10.7. The molecule has 0 saturated heterocycles. The van der Waals surface area contributed by atoms with Crippen molar-refractivity contribution in [3.05, 3.63) is 0 Å². The average molecular weight is 413 g/mol. The maximum absolute atomic E-state index is 12.3. The van der Waals surface area contributed by atoms with Crippen LogP contribution >= 0.6 is 0 Å². The quantitative estimate of drug-likeness (QED) is 0.398. The van der Waals surface area contributed by atoms with Crippen LogP contribution in [0.2, 0.25) is 0 Å². The molecule has 2 N–H and O–H groups in total. The Morgan fingerprint density at radius 3 is 1.40 bits per heavy atom. The van der Waals surface area contributed by atoms with E-state index in [0.29, 0.717) is 0 Å². The molecule has 4 nitrogen and oxygen atoms in total. The molecule has 0 rings (SSSR count). The predicted octanol–water partition coefficient (Wildman–Crippen LogP) is 2.01. The number of aliphatic hydroxyl groups excluding tert-OH is 1. The Bertz CT molecular complexity index is 232.